The second-order valence-corrected chi connectivity index (χ2v) is 7.44. The summed E-state index contributed by atoms with van der Waals surface area (Å²) in [5, 5.41) is 17.3. The van der Waals surface area contributed by atoms with Gasteiger partial charge in [-0.1, -0.05) is 36.4 Å². The van der Waals surface area contributed by atoms with Crippen LogP contribution in [0.2, 0.25) is 0 Å². The minimum Gasteiger partial charge on any atom is -0.214 e. The number of phenols is 2. The number of para-hydroxylation sites is 2. The van der Waals surface area contributed by atoms with Crippen molar-refractivity contribution in [1.82, 2.24) is 0 Å². The van der Waals surface area contributed by atoms with Gasteiger partial charge in [0.1, 0.15) is 11.5 Å². The number of benzene rings is 2. The predicted octanol–water partition coefficient (Wildman–Crippen LogP) is 5.57. The van der Waals surface area contributed by atoms with Crippen molar-refractivity contribution >= 4 is 17.0 Å². The van der Waals surface area contributed by atoms with Crippen LogP contribution in [-0.2, 0) is 20.8 Å². The summed E-state index contributed by atoms with van der Waals surface area (Å²) in [6.07, 6.45) is 0. The van der Waals surface area contributed by atoms with E-state index in [4.69, 9.17) is 27.2 Å². The molecular weight excluding hydrogens is 398 g/mol. The first-order chi connectivity index (χ1) is 10.7. The van der Waals surface area contributed by atoms with Gasteiger partial charge in [-0.3, -0.25) is 0 Å². The maximum absolute atomic E-state index is 8.63. The first-order valence-electron chi connectivity index (χ1n) is 6.31. The van der Waals surface area contributed by atoms with E-state index < -0.39 is 20.8 Å². The largest absolute Gasteiger partial charge is 0.214 e. The van der Waals surface area contributed by atoms with Crippen LogP contribution in [0.1, 0.15) is 0 Å². The van der Waals surface area contributed by atoms with Crippen LogP contribution in [0.25, 0.3) is 0 Å². The summed E-state index contributed by atoms with van der Waals surface area (Å²) < 4.78 is 0. The molecule has 116 valence electrons. The average molecular weight is 415 g/mol. The normalized spacial score (nSPS) is 7.91. The van der Waals surface area contributed by atoms with E-state index in [2.05, 4.69) is 0 Å². The summed E-state index contributed by atoms with van der Waals surface area (Å²) in [5.41, 5.74) is 0. The number of hydrogen-bond donors (Lipinski definition) is 2. The van der Waals surface area contributed by atoms with Crippen molar-refractivity contribution in [1.29, 1.82) is 0 Å². The molecule has 0 aliphatic carbocycles. The van der Waals surface area contributed by atoms with Crippen LogP contribution in [0.3, 0.4) is 0 Å². The van der Waals surface area contributed by atoms with Crippen LogP contribution in [0.4, 0.5) is 0 Å². The van der Waals surface area contributed by atoms with Gasteiger partial charge in [-0.25, -0.2) is 12.1 Å². The van der Waals surface area contributed by atoms with Gasteiger partial charge in [-0.15, -0.1) is 0 Å². The van der Waals surface area contributed by atoms with E-state index in [-0.39, 0.29) is 0 Å². The summed E-state index contributed by atoms with van der Waals surface area (Å²) in [7, 11) is 9.87. The first-order valence-corrected chi connectivity index (χ1v) is 12.6. The Morgan fingerprint density at radius 2 is 0.955 bits per heavy atom. The number of aromatic hydroxyl groups is 2. The summed E-state index contributed by atoms with van der Waals surface area (Å²) >= 11 is -0.826. The Morgan fingerprint density at radius 1 is 0.636 bits per heavy atom. The Balaban J connectivity index is 0.000000280. The molecule has 2 N–H and O–H groups in total. The number of rotatable bonds is 0. The third kappa shape index (κ3) is 15.2. The van der Waals surface area contributed by atoms with Crippen molar-refractivity contribution in [3.05, 3.63) is 91.0 Å². The van der Waals surface area contributed by atoms with Crippen LogP contribution < -0.4 is 0 Å². The van der Waals surface area contributed by atoms with Crippen molar-refractivity contribution < 1.29 is 31.1 Å². The molecule has 0 fully saturated rings. The molecule has 0 unspecified atom stereocenters. The fraction of sp³-hybridized carbons (Fsp3) is 0. The van der Waals surface area contributed by atoms with Crippen LogP contribution in [0.5, 0.6) is 11.5 Å². The fourth-order valence-electron chi connectivity index (χ4n) is 1.18. The van der Waals surface area contributed by atoms with E-state index in [0.29, 0.717) is 11.5 Å². The van der Waals surface area contributed by atoms with Crippen molar-refractivity contribution in [2.75, 3.05) is 0 Å². The van der Waals surface area contributed by atoms with Crippen LogP contribution in [0, 0.1) is 0 Å². The molecule has 0 aliphatic rings. The van der Waals surface area contributed by atoms with E-state index >= 15 is 0 Å². The monoisotopic (exact) mass is 413 g/mol. The molecule has 0 heterocycles. The van der Waals surface area contributed by atoms with Gasteiger partial charge < -0.3 is 10.2 Å². The van der Waals surface area contributed by atoms with E-state index in [1.165, 1.54) is 0 Å². The molecule has 0 aliphatic heterocycles. The molecule has 22 heavy (non-hydrogen) atoms. The zero-order valence-electron chi connectivity index (χ0n) is 11.8. The summed E-state index contributed by atoms with van der Waals surface area (Å²) in [6.45, 7) is 0. The van der Waals surface area contributed by atoms with E-state index in [1.807, 2.05) is 42.5 Å². The number of halogens is 2. The summed E-state index contributed by atoms with van der Waals surface area (Å²) in [6, 6.07) is 27.4. The van der Waals surface area contributed by atoms with Gasteiger partial charge in [-0.05, 0) is 24.3 Å². The second kappa shape index (κ2) is 16.2. The summed E-state index contributed by atoms with van der Waals surface area (Å²) in [4.78, 5) is 0. The van der Waals surface area contributed by atoms with Crippen LogP contribution in [-0.4, -0.2) is 10.2 Å². The maximum atomic E-state index is 8.63. The zero-order chi connectivity index (χ0) is 16.5. The van der Waals surface area contributed by atoms with Gasteiger partial charge in [0.25, 0.3) is 0 Å². The standard InChI is InChI=1S/2C6H6O.C5H5.2ClH.Zr/c2*7-6-4-2-1-3-5-6;1-2-4-5-3-1;;;/h2*1-5,7H;1-5H;2*1H;/q;;-1;;;+2/p-2. The third-order valence-corrected chi connectivity index (χ3v) is 2.07. The van der Waals surface area contributed by atoms with Gasteiger partial charge >= 0.3 is 37.9 Å². The van der Waals surface area contributed by atoms with Crippen molar-refractivity contribution in [2.24, 2.45) is 0 Å². The van der Waals surface area contributed by atoms with E-state index in [9.17, 15) is 0 Å². The molecule has 0 radical (unpaired) electrons. The van der Waals surface area contributed by atoms with E-state index in [1.54, 1.807) is 48.5 Å². The van der Waals surface area contributed by atoms with Gasteiger partial charge in [0.2, 0.25) is 0 Å². The maximum Gasteiger partial charge on any atom is -0.172 e. The van der Waals surface area contributed by atoms with Crippen molar-refractivity contribution in [3.63, 3.8) is 0 Å². The van der Waals surface area contributed by atoms with E-state index in [0.717, 1.165) is 0 Å². The fourth-order valence-corrected chi connectivity index (χ4v) is 1.18. The Kier molecular flexibility index (Phi) is 15.4. The minimum atomic E-state index is -0.826. The Morgan fingerprint density at radius 3 is 1.09 bits per heavy atom. The second-order valence-electron chi connectivity index (χ2n) is 3.70. The summed E-state index contributed by atoms with van der Waals surface area (Å²) in [5.74, 6) is 0.644. The topological polar surface area (TPSA) is 40.5 Å². The SMILES string of the molecule is Oc1ccccc1.Oc1ccccc1.[Cl][Zr][Cl].c1cc[cH-]c1. The molecule has 0 saturated heterocycles. The first kappa shape index (κ1) is 20.9. The Labute approximate surface area is 150 Å². The smallest absolute Gasteiger partial charge is 0.172 e. The number of hydrogen-bond acceptors (Lipinski definition) is 2. The Bertz CT molecular complexity index is 476. The molecular formula is C17H17Cl2O2Zr-. The molecule has 5 heteroatoms. The van der Waals surface area contributed by atoms with Gasteiger partial charge in [0, 0.05) is 0 Å². The third-order valence-electron chi connectivity index (χ3n) is 2.07. The molecule has 2 nitrogen and oxygen atoms in total. The predicted molar refractivity (Wildman–Crippen MR) is 90.0 cm³/mol. The molecule has 3 aromatic rings. The molecule has 3 aromatic carbocycles. The van der Waals surface area contributed by atoms with Crippen molar-refractivity contribution in [2.45, 2.75) is 0 Å². The molecule has 0 amide bonds. The molecule has 0 spiro atoms. The molecule has 0 saturated carbocycles. The van der Waals surface area contributed by atoms with Crippen LogP contribution >= 0.6 is 17.0 Å². The average Bonchev–Trinajstić information content (AvgIpc) is 3.10. The Hall–Kier alpha value is -1.15. The quantitative estimate of drug-likeness (QED) is 0.472. The van der Waals surface area contributed by atoms with Crippen LogP contribution in [0.15, 0.2) is 91.0 Å². The van der Waals surface area contributed by atoms with Crippen molar-refractivity contribution in [3.8, 4) is 11.5 Å². The molecule has 0 aromatic heterocycles. The molecule has 0 bridgehead atoms. The van der Waals surface area contributed by atoms with Gasteiger partial charge in [0.05, 0.1) is 0 Å². The van der Waals surface area contributed by atoms with Gasteiger partial charge in [0.15, 0.2) is 0 Å². The molecule has 3 rings (SSSR count). The van der Waals surface area contributed by atoms with Gasteiger partial charge in [-0.2, -0.15) is 18.2 Å². The molecule has 0 atom stereocenters. The zero-order valence-corrected chi connectivity index (χ0v) is 15.8. The number of phenolic OH excluding ortho intramolecular Hbond substituents is 2. The minimum absolute atomic E-state index is 0.322.